The van der Waals surface area contributed by atoms with Gasteiger partial charge in [0.2, 0.25) is 5.91 Å². The van der Waals surface area contributed by atoms with Gasteiger partial charge in [-0.3, -0.25) is 4.79 Å². The van der Waals surface area contributed by atoms with E-state index in [2.05, 4.69) is 16.4 Å². The van der Waals surface area contributed by atoms with Gasteiger partial charge < -0.3 is 11.1 Å². The largest absolute Gasteiger partial charge is 0.383 e. The highest BCUT2D eigenvalue weighted by Gasteiger charge is 2.21. The summed E-state index contributed by atoms with van der Waals surface area (Å²) in [7, 11) is 0. The van der Waals surface area contributed by atoms with E-state index in [4.69, 9.17) is 5.73 Å². The predicted molar refractivity (Wildman–Crippen MR) is 112 cm³/mol. The number of rotatable bonds is 6. The van der Waals surface area contributed by atoms with Gasteiger partial charge in [0.25, 0.3) is 0 Å². The number of pyridine rings is 1. The summed E-state index contributed by atoms with van der Waals surface area (Å²) in [6.07, 6.45) is 0.265. The Hall–Kier alpha value is -3.03. The molecule has 0 fully saturated rings. The molecule has 0 unspecified atom stereocenters. The van der Waals surface area contributed by atoms with Gasteiger partial charge in [0.1, 0.15) is 23.0 Å². The third-order valence-corrected chi connectivity index (χ3v) is 5.24. The van der Waals surface area contributed by atoms with Crippen molar-refractivity contribution < 1.29 is 4.79 Å². The third kappa shape index (κ3) is 4.82. The number of carbonyl (C=O) groups is 1. The summed E-state index contributed by atoms with van der Waals surface area (Å²) >= 11 is 1.30. The minimum absolute atomic E-state index is 0.0402. The molecule has 2 rings (SSSR count). The molecule has 6 nitrogen and oxygen atoms in total. The number of amides is 1. The van der Waals surface area contributed by atoms with Crippen molar-refractivity contribution in [2.45, 2.75) is 45.1 Å². The van der Waals surface area contributed by atoms with Crippen LogP contribution in [0.15, 0.2) is 23.2 Å². The highest BCUT2D eigenvalue weighted by molar-refractivity contribution is 7.99. The molecule has 0 saturated carbocycles. The topological polar surface area (TPSA) is 116 Å². The van der Waals surface area contributed by atoms with Crippen molar-refractivity contribution in [1.29, 1.82) is 10.5 Å². The molecule has 28 heavy (non-hydrogen) atoms. The van der Waals surface area contributed by atoms with Crippen LogP contribution in [-0.4, -0.2) is 16.6 Å². The summed E-state index contributed by atoms with van der Waals surface area (Å²) in [5, 5.41) is 22.3. The number of nitrogens with one attached hydrogen (secondary N) is 1. The first-order chi connectivity index (χ1) is 13.3. The Labute approximate surface area is 169 Å². The van der Waals surface area contributed by atoms with Crippen LogP contribution in [0.25, 0.3) is 0 Å². The molecule has 1 amide bonds. The number of carbonyl (C=O) groups excluding carboxylic acids is 1. The minimum atomic E-state index is -0.106. The molecular weight excluding hydrogens is 370 g/mol. The zero-order valence-electron chi connectivity index (χ0n) is 16.5. The summed E-state index contributed by atoms with van der Waals surface area (Å²) in [6, 6.07) is 10.1. The number of hydrogen-bond donors (Lipinski definition) is 2. The lowest BCUT2D eigenvalue weighted by atomic mass is 9.94. The lowest BCUT2D eigenvalue weighted by molar-refractivity contribution is -0.115. The molecule has 0 saturated heterocycles. The van der Waals surface area contributed by atoms with E-state index >= 15 is 0 Å². The van der Waals surface area contributed by atoms with E-state index in [1.54, 1.807) is 0 Å². The Morgan fingerprint density at radius 2 is 1.93 bits per heavy atom. The Bertz CT molecular complexity index is 986. The first-order valence-corrected chi connectivity index (χ1v) is 9.90. The van der Waals surface area contributed by atoms with Gasteiger partial charge in [-0.05, 0) is 42.5 Å². The van der Waals surface area contributed by atoms with E-state index in [1.165, 1.54) is 11.8 Å². The molecule has 1 heterocycles. The van der Waals surface area contributed by atoms with Gasteiger partial charge in [-0.2, -0.15) is 10.5 Å². The lowest BCUT2D eigenvalue weighted by Crippen LogP contribution is -2.13. The number of nitriles is 2. The van der Waals surface area contributed by atoms with Crippen molar-refractivity contribution >= 4 is 29.2 Å². The van der Waals surface area contributed by atoms with E-state index in [9.17, 15) is 15.3 Å². The molecule has 1 aromatic heterocycles. The second-order valence-corrected chi connectivity index (χ2v) is 7.89. The summed E-state index contributed by atoms with van der Waals surface area (Å²) in [5.41, 5.74) is 10.0. The number of anilines is 2. The number of nitrogen functional groups attached to an aromatic ring is 1. The zero-order valence-corrected chi connectivity index (χ0v) is 17.3. The van der Waals surface area contributed by atoms with Crippen molar-refractivity contribution in [3.63, 3.8) is 0 Å². The van der Waals surface area contributed by atoms with Gasteiger partial charge in [0, 0.05) is 17.9 Å². The van der Waals surface area contributed by atoms with Gasteiger partial charge in [0.15, 0.2) is 0 Å². The van der Waals surface area contributed by atoms with Crippen LogP contribution in [-0.2, 0) is 4.79 Å². The van der Waals surface area contributed by atoms with Crippen LogP contribution in [0.5, 0.6) is 0 Å². The van der Waals surface area contributed by atoms with Crippen LogP contribution in [0, 0.1) is 36.5 Å². The van der Waals surface area contributed by atoms with Crippen molar-refractivity contribution in [3.05, 3.63) is 46.0 Å². The molecule has 0 bridgehead atoms. The average Bonchev–Trinajstić information content (AvgIpc) is 2.64. The van der Waals surface area contributed by atoms with E-state index < -0.39 is 0 Å². The van der Waals surface area contributed by atoms with Crippen molar-refractivity contribution in [3.8, 4) is 12.1 Å². The van der Waals surface area contributed by atoms with Crippen LogP contribution in [0.2, 0.25) is 0 Å². The molecule has 0 spiro atoms. The monoisotopic (exact) mass is 393 g/mol. The molecule has 1 aromatic carbocycles. The molecule has 3 N–H and O–H groups in total. The number of benzene rings is 1. The fraction of sp³-hybridized carbons (Fsp3) is 0.333. The first kappa shape index (κ1) is 21.3. The number of thioether (sulfide) groups is 1. The maximum atomic E-state index is 12.3. The Morgan fingerprint density at radius 1 is 1.25 bits per heavy atom. The lowest BCUT2D eigenvalue weighted by Gasteiger charge is -2.15. The zero-order chi connectivity index (χ0) is 20.8. The molecular formula is C21H23N5OS. The highest BCUT2D eigenvalue weighted by Crippen LogP contribution is 2.33. The first-order valence-electron chi connectivity index (χ1n) is 8.91. The maximum Gasteiger partial charge on any atom is 0.225 e. The number of hydrogen-bond acceptors (Lipinski definition) is 6. The maximum absolute atomic E-state index is 12.3. The van der Waals surface area contributed by atoms with Crippen molar-refractivity contribution in [2.24, 2.45) is 0 Å². The quantitative estimate of drug-likeness (QED) is 0.708. The molecule has 7 heteroatoms. The normalized spacial score (nSPS) is 10.4. The van der Waals surface area contributed by atoms with Gasteiger partial charge in [-0.25, -0.2) is 4.98 Å². The molecule has 2 aromatic rings. The molecule has 0 radical (unpaired) electrons. The summed E-state index contributed by atoms with van der Waals surface area (Å²) in [5.74, 6) is 0.417. The van der Waals surface area contributed by atoms with Gasteiger partial charge in [0.05, 0.1) is 11.1 Å². The highest BCUT2D eigenvalue weighted by atomic mass is 32.2. The predicted octanol–water partition coefficient (Wildman–Crippen LogP) is 4.27. The third-order valence-electron chi connectivity index (χ3n) is 4.27. The molecule has 0 aliphatic carbocycles. The molecule has 0 aliphatic rings. The van der Waals surface area contributed by atoms with Crippen molar-refractivity contribution in [1.82, 2.24) is 4.98 Å². The van der Waals surface area contributed by atoms with Gasteiger partial charge >= 0.3 is 0 Å². The van der Waals surface area contributed by atoms with Crippen molar-refractivity contribution in [2.75, 3.05) is 16.8 Å². The van der Waals surface area contributed by atoms with Crippen LogP contribution < -0.4 is 11.1 Å². The number of nitrogens with zero attached hydrogens (tertiary/aromatic N) is 3. The summed E-state index contributed by atoms with van der Waals surface area (Å²) < 4.78 is 0. The van der Waals surface area contributed by atoms with Gasteiger partial charge in [-0.1, -0.05) is 26.0 Å². The summed E-state index contributed by atoms with van der Waals surface area (Å²) in [4.78, 5) is 16.5. The Morgan fingerprint density at radius 3 is 2.54 bits per heavy atom. The standard InChI is InChI=1S/C21H23N5OS/c1-12(2)19-15(10-22)20(24)26-21(16(19)11-23)28-8-7-18(27)25-17-9-13(3)5-6-14(17)4/h5-6,9,12H,7-8H2,1-4H3,(H2,24,26)(H,25,27). The van der Waals surface area contributed by atoms with Crippen LogP contribution in [0.1, 0.15) is 54.0 Å². The second kappa shape index (κ2) is 9.25. The SMILES string of the molecule is Cc1ccc(C)c(NC(=O)CCSc2nc(N)c(C#N)c(C(C)C)c2C#N)c1. The minimum Gasteiger partial charge on any atom is -0.383 e. The van der Waals surface area contributed by atoms with Crippen LogP contribution in [0.4, 0.5) is 11.5 Å². The molecule has 0 aliphatic heterocycles. The number of nitrogens with two attached hydrogens (primary N) is 1. The molecule has 0 atom stereocenters. The number of aromatic nitrogens is 1. The summed E-state index contributed by atoms with van der Waals surface area (Å²) in [6.45, 7) is 7.73. The van der Waals surface area contributed by atoms with Crippen LogP contribution >= 0.6 is 11.8 Å². The smallest absolute Gasteiger partial charge is 0.225 e. The van der Waals surface area contributed by atoms with Gasteiger partial charge in [-0.15, -0.1) is 11.8 Å². The fourth-order valence-electron chi connectivity index (χ4n) is 2.83. The Balaban J connectivity index is 2.13. The van der Waals surface area contributed by atoms with E-state index in [0.29, 0.717) is 21.9 Å². The van der Waals surface area contributed by atoms with E-state index in [-0.39, 0.29) is 29.6 Å². The van der Waals surface area contributed by atoms with E-state index in [0.717, 1.165) is 16.8 Å². The fourth-order valence-corrected chi connectivity index (χ4v) is 3.77. The molecule has 144 valence electrons. The average molecular weight is 394 g/mol. The number of aryl methyl sites for hydroxylation is 2. The van der Waals surface area contributed by atoms with Crippen LogP contribution in [0.3, 0.4) is 0 Å². The Kier molecular flexibility index (Phi) is 7.03. The van der Waals surface area contributed by atoms with E-state index in [1.807, 2.05) is 52.0 Å². The second-order valence-electron chi connectivity index (χ2n) is 6.81.